The first kappa shape index (κ1) is 22.1. The fraction of sp³-hybridized carbons (Fsp3) is 0.696. The number of nitrogens with zero attached hydrogens (tertiary/aromatic N) is 2. The lowest BCUT2D eigenvalue weighted by atomic mass is 9.92. The molecule has 1 aromatic rings. The van der Waals surface area contributed by atoms with Crippen LogP contribution in [-0.4, -0.2) is 73.0 Å². The lowest BCUT2D eigenvalue weighted by Gasteiger charge is -2.36. The van der Waals surface area contributed by atoms with Crippen LogP contribution in [0, 0.1) is 0 Å². The van der Waals surface area contributed by atoms with Gasteiger partial charge in [-0.2, -0.15) is 0 Å². The zero-order chi connectivity index (χ0) is 20.7. The molecule has 0 aromatic heterocycles. The van der Waals surface area contributed by atoms with Gasteiger partial charge in [0.1, 0.15) is 5.60 Å². The molecule has 0 radical (unpaired) electrons. The van der Waals surface area contributed by atoms with Crippen LogP contribution in [0.4, 0.5) is 4.79 Å². The van der Waals surface area contributed by atoms with Gasteiger partial charge in [-0.05, 0) is 45.6 Å². The molecule has 0 bridgehead atoms. The molecule has 1 aliphatic carbocycles. The highest BCUT2D eigenvalue weighted by Crippen LogP contribution is 2.27. The molecule has 29 heavy (non-hydrogen) atoms. The van der Waals surface area contributed by atoms with E-state index in [9.17, 15) is 4.79 Å². The van der Waals surface area contributed by atoms with E-state index >= 15 is 0 Å². The van der Waals surface area contributed by atoms with Gasteiger partial charge < -0.3 is 19.1 Å². The molecule has 6 nitrogen and oxygen atoms in total. The first-order valence-corrected chi connectivity index (χ1v) is 10.9. The fourth-order valence-electron chi connectivity index (χ4n) is 3.60. The third kappa shape index (κ3) is 7.61. The zero-order valence-corrected chi connectivity index (χ0v) is 18.1. The molecule has 2 aliphatic rings. The molecule has 162 valence electrons. The molecule has 1 aliphatic heterocycles. The standard InChI is InChI=1S/C23H36N2O4/c1-23(2,3)29-22(26)25-13-11-24(12-14-25)10-7-15-27-20-16-21(17-20)28-18-19-8-5-4-6-9-19/h4-6,8-9,20-21H,7,10-18H2,1-3H3/t20-,21+. The molecule has 1 amide bonds. The van der Waals surface area contributed by atoms with E-state index in [0.29, 0.717) is 18.8 Å². The molecule has 1 aromatic carbocycles. The molecule has 0 unspecified atom stereocenters. The number of ether oxygens (including phenoxy) is 3. The van der Waals surface area contributed by atoms with Crippen LogP contribution in [0.15, 0.2) is 30.3 Å². The van der Waals surface area contributed by atoms with Crippen molar-refractivity contribution in [2.24, 2.45) is 0 Å². The molecule has 0 atom stereocenters. The summed E-state index contributed by atoms with van der Waals surface area (Å²) >= 11 is 0. The van der Waals surface area contributed by atoms with E-state index in [2.05, 4.69) is 17.0 Å². The van der Waals surface area contributed by atoms with Crippen LogP contribution in [0.1, 0.15) is 45.6 Å². The smallest absolute Gasteiger partial charge is 0.410 e. The first-order chi connectivity index (χ1) is 13.9. The van der Waals surface area contributed by atoms with Crippen molar-refractivity contribution in [1.82, 2.24) is 9.80 Å². The SMILES string of the molecule is CC(C)(C)OC(=O)N1CCN(CCCO[C@H]2C[C@@H](OCc3ccccc3)C2)CC1. The number of hydrogen-bond donors (Lipinski definition) is 0. The normalized spacial score (nSPS) is 22.9. The number of carbonyl (C=O) groups excluding carboxylic acids is 1. The topological polar surface area (TPSA) is 51.2 Å². The van der Waals surface area contributed by atoms with E-state index < -0.39 is 5.60 Å². The number of amides is 1. The quantitative estimate of drug-likeness (QED) is 0.619. The van der Waals surface area contributed by atoms with Gasteiger partial charge in [0.05, 0.1) is 18.8 Å². The Balaban J connectivity index is 1.19. The van der Waals surface area contributed by atoms with Gasteiger partial charge >= 0.3 is 6.09 Å². The first-order valence-electron chi connectivity index (χ1n) is 10.9. The lowest BCUT2D eigenvalue weighted by Crippen LogP contribution is -2.50. The van der Waals surface area contributed by atoms with Crippen LogP contribution >= 0.6 is 0 Å². The minimum atomic E-state index is -0.432. The van der Waals surface area contributed by atoms with Gasteiger partial charge in [-0.1, -0.05) is 30.3 Å². The van der Waals surface area contributed by atoms with Gasteiger partial charge in [-0.15, -0.1) is 0 Å². The summed E-state index contributed by atoms with van der Waals surface area (Å²) in [6, 6.07) is 10.3. The van der Waals surface area contributed by atoms with Crippen molar-refractivity contribution in [3.63, 3.8) is 0 Å². The summed E-state index contributed by atoms with van der Waals surface area (Å²) in [4.78, 5) is 16.3. The highest BCUT2D eigenvalue weighted by atomic mass is 16.6. The van der Waals surface area contributed by atoms with Crippen LogP contribution in [-0.2, 0) is 20.8 Å². The lowest BCUT2D eigenvalue weighted by molar-refractivity contribution is -0.107. The monoisotopic (exact) mass is 404 g/mol. The van der Waals surface area contributed by atoms with Gasteiger partial charge in [0, 0.05) is 39.3 Å². The van der Waals surface area contributed by atoms with Crippen molar-refractivity contribution in [2.75, 3.05) is 39.3 Å². The maximum Gasteiger partial charge on any atom is 0.410 e. The molecule has 0 spiro atoms. The number of hydrogen-bond acceptors (Lipinski definition) is 5. The summed E-state index contributed by atoms with van der Waals surface area (Å²) < 4.78 is 17.3. The molecule has 0 N–H and O–H groups in total. The Morgan fingerprint density at radius 3 is 2.31 bits per heavy atom. The van der Waals surface area contributed by atoms with Crippen LogP contribution < -0.4 is 0 Å². The summed E-state index contributed by atoms with van der Waals surface area (Å²) in [5.74, 6) is 0. The van der Waals surface area contributed by atoms with E-state index in [1.807, 2.05) is 43.9 Å². The van der Waals surface area contributed by atoms with Crippen molar-refractivity contribution in [1.29, 1.82) is 0 Å². The number of piperazine rings is 1. The highest BCUT2D eigenvalue weighted by molar-refractivity contribution is 5.68. The molecule has 1 heterocycles. The Bertz CT molecular complexity index is 618. The maximum atomic E-state index is 12.1. The van der Waals surface area contributed by atoms with Gasteiger partial charge in [-0.25, -0.2) is 4.79 Å². The largest absolute Gasteiger partial charge is 0.444 e. The van der Waals surface area contributed by atoms with Crippen molar-refractivity contribution >= 4 is 6.09 Å². The summed E-state index contributed by atoms with van der Waals surface area (Å²) in [5, 5.41) is 0. The van der Waals surface area contributed by atoms with E-state index in [-0.39, 0.29) is 6.09 Å². The summed E-state index contributed by atoms with van der Waals surface area (Å²) in [6.45, 7) is 11.5. The predicted molar refractivity (Wildman–Crippen MR) is 113 cm³/mol. The molecule has 6 heteroatoms. The van der Waals surface area contributed by atoms with Crippen molar-refractivity contribution in [3.05, 3.63) is 35.9 Å². The van der Waals surface area contributed by atoms with Crippen LogP contribution in [0.3, 0.4) is 0 Å². The van der Waals surface area contributed by atoms with Gasteiger partial charge in [0.15, 0.2) is 0 Å². The Kier molecular flexibility index (Phi) is 7.92. The summed E-state index contributed by atoms with van der Waals surface area (Å²) in [5.41, 5.74) is 0.794. The predicted octanol–water partition coefficient (Wildman–Crippen LogP) is 3.69. The number of carbonyl (C=O) groups is 1. The Morgan fingerprint density at radius 2 is 1.66 bits per heavy atom. The fourth-order valence-corrected chi connectivity index (χ4v) is 3.60. The molecule has 1 saturated carbocycles. The van der Waals surface area contributed by atoms with E-state index in [4.69, 9.17) is 14.2 Å². The van der Waals surface area contributed by atoms with E-state index in [1.54, 1.807) is 0 Å². The zero-order valence-electron chi connectivity index (χ0n) is 18.1. The van der Waals surface area contributed by atoms with Gasteiger partial charge in [0.2, 0.25) is 0 Å². The molecular weight excluding hydrogens is 368 g/mol. The van der Waals surface area contributed by atoms with Gasteiger partial charge in [0.25, 0.3) is 0 Å². The van der Waals surface area contributed by atoms with Gasteiger partial charge in [-0.3, -0.25) is 4.90 Å². The van der Waals surface area contributed by atoms with Crippen LogP contribution in [0.2, 0.25) is 0 Å². The van der Waals surface area contributed by atoms with E-state index in [0.717, 1.165) is 58.6 Å². The Hall–Kier alpha value is -1.63. The summed E-state index contributed by atoms with van der Waals surface area (Å²) in [7, 11) is 0. The second-order valence-corrected chi connectivity index (χ2v) is 9.05. The second kappa shape index (κ2) is 10.4. The number of rotatable bonds is 8. The van der Waals surface area contributed by atoms with Crippen molar-refractivity contribution in [2.45, 2.75) is 64.4 Å². The molecular formula is C23H36N2O4. The maximum absolute atomic E-state index is 12.1. The molecule has 1 saturated heterocycles. The molecule has 3 rings (SSSR count). The number of benzene rings is 1. The van der Waals surface area contributed by atoms with Crippen LogP contribution in [0.25, 0.3) is 0 Å². The van der Waals surface area contributed by atoms with Crippen LogP contribution in [0.5, 0.6) is 0 Å². The average molecular weight is 405 g/mol. The Labute approximate surface area is 175 Å². The third-order valence-corrected chi connectivity index (χ3v) is 5.38. The minimum absolute atomic E-state index is 0.200. The average Bonchev–Trinajstić information content (AvgIpc) is 2.65. The highest BCUT2D eigenvalue weighted by Gasteiger charge is 2.30. The van der Waals surface area contributed by atoms with Crippen molar-refractivity contribution in [3.8, 4) is 0 Å². The Morgan fingerprint density at radius 1 is 1.00 bits per heavy atom. The third-order valence-electron chi connectivity index (χ3n) is 5.38. The summed E-state index contributed by atoms with van der Waals surface area (Å²) in [6.07, 6.45) is 3.51. The van der Waals surface area contributed by atoms with Crippen molar-refractivity contribution < 1.29 is 19.0 Å². The minimum Gasteiger partial charge on any atom is -0.444 e. The second-order valence-electron chi connectivity index (χ2n) is 9.05. The molecule has 2 fully saturated rings. The van der Waals surface area contributed by atoms with E-state index in [1.165, 1.54) is 5.56 Å².